The molecule has 0 aliphatic carbocycles. The van der Waals surface area contributed by atoms with E-state index in [0.29, 0.717) is 43.1 Å². The largest absolute Gasteiger partial charge is 0.490 e. The fourth-order valence-corrected chi connectivity index (χ4v) is 2.09. The maximum Gasteiger partial charge on any atom is 0.326 e. The van der Waals surface area contributed by atoms with Crippen molar-refractivity contribution in [3.63, 3.8) is 0 Å². The first-order valence-electron chi connectivity index (χ1n) is 7.05. The summed E-state index contributed by atoms with van der Waals surface area (Å²) in [6, 6.07) is 3.98. The van der Waals surface area contributed by atoms with Gasteiger partial charge in [0.15, 0.2) is 11.5 Å². The second kappa shape index (κ2) is 6.97. The fraction of sp³-hybridized carbons (Fsp3) is 0.467. The highest BCUT2D eigenvalue weighted by Crippen LogP contribution is 2.30. The predicted molar refractivity (Wildman–Crippen MR) is 75.8 cm³/mol. The first kappa shape index (κ1) is 15.2. The van der Waals surface area contributed by atoms with E-state index in [2.05, 4.69) is 5.32 Å². The SMILES string of the molecule is CCC[C@@H](NC(=O)c1ccc2c(c1)OCCCO2)C(=O)O. The van der Waals surface area contributed by atoms with Crippen LogP contribution < -0.4 is 14.8 Å². The van der Waals surface area contributed by atoms with Crippen LogP contribution in [0.25, 0.3) is 0 Å². The summed E-state index contributed by atoms with van der Waals surface area (Å²) >= 11 is 0. The molecule has 1 aromatic carbocycles. The quantitative estimate of drug-likeness (QED) is 0.865. The first-order chi connectivity index (χ1) is 10.1. The molecule has 2 N–H and O–H groups in total. The van der Waals surface area contributed by atoms with Crippen LogP contribution in [0.2, 0.25) is 0 Å². The summed E-state index contributed by atoms with van der Waals surface area (Å²) in [6.45, 7) is 2.98. The molecule has 1 aromatic rings. The Hall–Kier alpha value is -2.24. The van der Waals surface area contributed by atoms with Crippen LogP contribution in [0.3, 0.4) is 0 Å². The van der Waals surface area contributed by atoms with Gasteiger partial charge in [0.25, 0.3) is 5.91 Å². The summed E-state index contributed by atoms with van der Waals surface area (Å²) in [7, 11) is 0. The number of carboxylic acids is 1. The summed E-state index contributed by atoms with van der Waals surface area (Å²) < 4.78 is 11.0. The Bertz CT molecular complexity index is 529. The van der Waals surface area contributed by atoms with E-state index in [1.165, 1.54) is 0 Å². The van der Waals surface area contributed by atoms with Crippen LogP contribution in [0.15, 0.2) is 18.2 Å². The van der Waals surface area contributed by atoms with Gasteiger partial charge in [-0.2, -0.15) is 0 Å². The zero-order chi connectivity index (χ0) is 15.2. The third kappa shape index (κ3) is 3.87. The number of nitrogens with one attached hydrogen (secondary N) is 1. The van der Waals surface area contributed by atoms with E-state index in [1.54, 1.807) is 18.2 Å². The lowest BCUT2D eigenvalue weighted by Crippen LogP contribution is -2.40. The van der Waals surface area contributed by atoms with Gasteiger partial charge in [0.05, 0.1) is 13.2 Å². The topological polar surface area (TPSA) is 84.9 Å². The number of benzene rings is 1. The number of carboxylic acid groups (broad SMARTS) is 1. The second-order valence-electron chi connectivity index (χ2n) is 4.86. The Labute approximate surface area is 123 Å². The fourth-order valence-electron chi connectivity index (χ4n) is 2.09. The van der Waals surface area contributed by atoms with E-state index >= 15 is 0 Å². The van der Waals surface area contributed by atoms with Crippen LogP contribution in [0.4, 0.5) is 0 Å². The molecule has 1 atom stereocenters. The van der Waals surface area contributed by atoms with Crippen molar-refractivity contribution in [2.45, 2.75) is 32.2 Å². The third-order valence-corrected chi connectivity index (χ3v) is 3.19. The molecule has 0 radical (unpaired) electrons. The Morgan fingerprint density at radius 3 is 2.67 bits per heavy atom. The van der Waals surface area contributed by atoms with E-state index in [4.69, 9.17) is 14.6 Å². The van der Waals surface area contributed by atoms with Gasteiger partial charge in [-0.05, 0) is 24.6 Å². The molecular formula is C15H19NO5. The molecule has 114 valence electrons. The lowest BCUT2D eigenvalue weighted by atomic mass is 10.1. The summed E-state index contributed by atoms with van der Waals surface area (Å²) in [4.78, 5) is 23.2. The number of carbonyl (C=O) groups is 2. The van der Waals surface area contributed by atoms with Gasteiger partial charge >= 0.3 is 5.97 Å². The molecule has 0 fully saturated rings. The Kier molecular flexibility index (Phi) is 5.03. The lowest BCUT2D eigenvalue weighted by Gasteiger charge is -2.14. The Balaban J connectivity index is 2.12. The number of fused-ring (bicyclic) bond motifs is 1. The molecule has 1 amide bonds. The van der Waals surface area contributed by atoms with Crippen molar-refractivity contribution in [3.05, 3.63) is 23.8 Å². The molecule has 1 aliphatic heterocycles. The van der Waals surface area contributed by atoms with E-state index in [1.807, 2.05) is 6.92 Å². The standard InChI is InChI=1S/C15H19NO5/c1-2-4-11(15(18)19)16-14(17)10-5-6-12-13(9-10)21-8-3-7-20-12/h5-6,9,11H,2-4,7-8H2,1H3,(H,16,17)(H,18,19)/t11-/m1/s1. The van der Waals surface area contributed by atoms with E-state index in [9.17, 15) is 9.59 Å². The molecule has 2 rings (SSSR count). The minimum absolute atomic E-state index is 0.363. The smallest absolute Gasteiger partial charge is 0.326 e. The molecule has 0 spiro atoms. The molecule has 1 aliphatic rings. The Morgan fingerprint density at radius 1 is 1.29 bits per heavy atom. The summed E-state index contributed by atoms with van der Waals surface area (Å²) in [5, 5.41) is 11.6. The van der Waals surface area contributed by atoms with E-state index in [0.717, 1.165) is 6.42 Å². The highest BCUT2D eigenvalue weighted by molar-refractivity contribution is 5.97. The number of amides is 1. The van der Waals surface area contributed by atoms with Crippen LogP contribution in [0.1, 0.15) is 36.5 Å². The van der Waals surface area contributed by atoms with Crippen molar-refractivity contribution in [1.82, 2.24) is 5.32 Å². The number of carbonyl (C=O) groups excluding carboxylic acids is 1. The average Bonchev–Trinajstić information content (AvgIpc) is 2.70. The van der Waals surface area contributed by atoms with Crippen molar-refractivity contribution >= 4 is 11.9 Å². The van der Waals surface area contributed by atoms with Crippen molar-refractivity contribution < 1.29 is 24.2 Å². The molecule has 0 saturated heterocycles. The number of rotatable bonds is 5. The van der Waals surface area contributed by atoms with Crippen molar-refractivity contribution in [1.29, 1.82) is 0 Å². The number of ether oxygens (including phenoxy) is 2. The van der Waals surface area contributed by atoms with Crippen LogP contribution >= 0.6 is 0 Å². The van der Waals surface area contributed by atoms with Gasteiger partial charge in [0.1, 0.15) is 6.04 Å². The van der Waals surface area contributed by atoms with E-state index < -0.39 is 17.9 Å². The highest BCUT2D eigenvalue weighted by atomic mass is 16.5. The van der Waals surface area contributed by atoms with Gasteiger partial charge < -0.3 is 19.9 Å². The van der Waals surface area contributed by atoms with Gasteiger partial charge in [-0.1, -0.05) is 13.3 Å². The zero-order valence-electron chi connectivity index (χ0n) is 11.9. The van der Waals surface area contributed by atoms with Gasteiger partial charge in [-0.25, -0.2) is 4.79 Å². The van der Waals surface area contributed by atoms with Gasteiger partial charge in [-0.3, -0.25) is 4.79 Å². The first-order valence-corrected chi connectivity index (χ1v) is 7.05. The maximum absolute atomic E-state index is 12.1. The maximum atomic E-state index is 12.1. The van der Waals surface area contributed by atoms with Crippen LogP contribution in [0.5, 0.6) is 11.5 Å². The molecule has 1 heterocycles. The molecule has 6 heteroatoms. The van der Waals surface area contributed by atoms with Gasteiger partial charge in [-0.15, -0.1) is 0 Å². The molecule has 6 nitrogen and oxygen atoms in total. The number of hydrogen-bond acceptors (Lipinski definition) is 4. The number of aliphatic carboxylic acids is 1. The van der Waals surface area contributed by atoms with Crippen LogP contribution in [-0.2, 0) is 4.79 Å². The van der Waals surface area contributed by atoms with Crippen molar-refractivity contribution in [3.8, 4) is 11.5 Å². The molecule has 0 bridgehead atoms. The van der Waals surface area contributed by atoms with Crippen molar-refractivity contribution in [2.75, 3.05) is 13.2 Å². The normalized spacial score (nSPS) is 14.9. The molecule has 0 unspecified atom stereocenters. The summed E-state index contributed by atoms with van der Waals surface area (Å²) in [6.07, 6.45) is 1.86. The lowest BCUT2D eigenvalue weighted by molar-refractivity contribution is -0.139. The number of hydrogen-bond donors (Lipinski definition) is 2. The van der Waals surface area contributed by atoms with Crippen LogP contribution in [-0.4, -0.2) is 36.2 Å². The Morgan fingerprint density at radius 2 is 2.00 bits per heavy atom. The molecular weight excluding hydrogens is 274 g/mol. The van der Waals surface area contributed by atoms with Gasteiger partial charge in [0.2, 0.25) is 0 Å². The highest BCUT2D eigenvalue weighted by Gasteiger charge is 2.21. The minimum atomic E-state index is -1.03. The van der Waals surface area contributed by atoms with Crippen LogP contribution in [0, 0.1) is 0 Å². The minimum Gasteiger partial charge on any atom is -0.490 e. The average molecular weight is 293 g/mol. The monoisotopic (exact) mass is 293 g/mol. The molecule has 21 heavy (non-hydrogen) atoms. The molecule has 0 aromatic heterocycles. The van der Waals surface area contributed by atoms with Gasteiger partial charge in [0, 0.05) is 12.0 Å². The summed E-state index contributed by atoms with van der Waals surface area (Å²) in [5.41, 5.74) is 0.363. The van der Waals surface area contributed by atoms with Crippen molar-refractivity contribution in [2.24, 2.45) is 0 Å². The molecule has 0 saturated carbocycles. The summed E-state index contributed by atoms with van der Waals surface area (Å²) in [5.74, 6) is -0.332. The van der Waals surface area contributed by atoms with E-state index in [-0.39, 0.29) is 0 Å². The predicted octanol–water partition coefficient (Wildman–Crippen LogP) is 1.83. The second-order valence-corrected chi connectivity index (χ2v) is 4.86. The zero-order valence-corrected chi connectivity index (χ0v) is 11.9. The third-order valence-electron chi connectivity index (χ3n) is 3.19.